The molecule has 1 atom stereocenters. The Kier molecular flexibility index (Phi) is 4.12. The standard InChI is InChI=1S/C13H17N5O/c1-10(8-18-5-4-15-9-18)17-13(19)6-12-3-2-11(14)7-16-12/h2-5,7,9-10H,6,8,14H2,1H3,(H,17,19). The van der Waals surface area contributed by atoms with E-state index in [1.54, 1.807) is 30.9 Å². The highest BCUT2D eigenvalue weighted by Gasteiger charge is 2.09. The summed E-state index contributed by atoms with van der Waals surface area (Å²) in [5.41, 5.74) is 6.85. The number of carbonyl (C=O) groups excluding carboxylic acids is 1. The van der Waals surface area contributed by atoms with Crippen LogP contribution in [0.5, 0.6) is 0 Å². The van der Waals surface area contributed by atoms with Crippen molar-refractivity contribution in [3.63, 3.8) is 0 Å². The lowest BCUT2D eigenvalue weighted by atomic mass is 10.2. The first-order chi connectivity index (χ1) is 9.13. The first kappa shape index (κ1) is 13.1. The minimum absolute atomic E-state index is 0.0375. The van der Waals surface area contributed by atoms with Crippen LogP contribution in [0.2, 0.25) is 0 Å². The van der Waals surface area contributed by atoms with Gasteiger partial charge in [0.15, 0.2) is 0 Å². The van der Waals surface area contributed by atoms with E-state index >= 15 is 0 Å². The highest BCUT2D eigenvalue weighted by molar-refractivity contribution is 5.78. The quantitative estimate of drug-likeness (QED) is 0.823. The number of nitrogens with one attached hydrogen (secondary N) is 1. The maximum Gasteiger partial charge on any atom is 0.226 e. The van der Waals surface area contributed by atoms with Crippen LogP contribution in [0.4, 0.5) is 5.69 Å². The van der Waals surface area contributed by atoms with Gasteiger partial charge in [-0.15, -0.1) is 0 Å². The number of imidazole rings is 1. The van der Waals surface area contributed by atoms with Crippen molar-refractivity contribution in [3.8, 4) is 0 Å². The maximum atomic E-state index is 11.8. The number of pyridine rings is 1. The summed E-state index contributed by atoms with van der Waals surface area (Å²) in [5, 5.41) is 2.92. The van der Waals surface area contributed by atoms with Crippen molar-refractivity contribution in [2.24, 2.45) is 0 Å². The molecule has 1 unspecified atom stereocenters. The molecule has 0 aliphatic carbocycles. The van der Waals surface area contributed by atoms with Gasteiger partial charge < -0.3 is 15.6 Å². The molecule has 0 saturated heterocycles. The number of amides is 1. The predicted molar refractivity (Wildman–Crippen MR) is 72.2 cm³/mol. The Bertz CT molecular complexity index is 520. The Labute approximate surface area is 111 Å². The Hall–Kier alpha value is -2.37. The zero-order chi connectivity index (χ0) is 13.7. The number of carbonyl (C=O) groups is 1. The van der Waals surface area contributed by atoms with Crippen molar-refractivity contribution in [2.45, 2.75) is 25.9 Å². The van der Waals surface area contributed by atoms with Crippen LogP contribution < -0.4 is 11.1 Å². The van der Waals surface area contributed by atoms with Gasteiger partial charge in [-0.1, -0.05) is 0 Å². The molecule has 0 saturated carbocycles. The second kappa shape index (κ2) is 5.99. The molecule has 6 nitrogen and oxygen atoms in total. The number of hydrogen-bond acceptors (Lipinski definition) is 4. The lowest BCUT2D eigenvalue weighted by Crippen LogP contribution is -2.36. The summed E-state index contributed by atoms with van der Waals surface area (Å²) in [6, 6.07) is 3.54. The van der Waals surface area contributed by atoms with Crippen molar-refractivity contribution in [3.05, 3.63) is 42.7 Å². The summed E-state index contributed by atoms with van der Waals surface area (Å²) in [6.07, 6.45) is 7.12. The zero-order valence-electron chi connectivity index (χ0n) is 10.8. The summed E-state index contributed by atoms with van der Waals surface area (Å²) in [6.45, 7) is 2.65. The van der Waals surface area contributed by atoms with Crippen LogP contribution in [0.25, 0.3) is 0 Å². The van der Waals surface area contributed by atoms with Gasteiger partial charge >= 0.3 is 0 Å². The van der Waals surface area contributed by atoms with Gasteiger partial charge in [0.2, 0.25) is 5.91 Å². The Morgan fingerprint density at radius 3 is 3.00 bits per heavy atom. The minimum Gasteiger partial charge on any atom is -0.397 e. The normalized spacial score (nSPS) is 12.1. The number of anilines is 1. The molecule has 0 aliphatic heterocycles. The fourth-order valence-corrected chi connectivity index (χ4v) is 1.79. The second-order valence-corrected chi connectivity index (χ2v) is 4.49. The summed E-state index contributed by atoms with van der Waals surface area (Å²) in [7, 11) is 0. The maximum absolute atomic E-state index is 11.8. The van der Waals surface area contributed by atoms with Gasteiger partial charge in [-0.05, 0) is 19.1 Å². The van der Waals surface area contributed by atoms with E-state index in [2.05, 4.69) is 15.3 Å². The molecule has 0 radical (unpaired) electrons. The Morgan fingerprint density at radius 1 is 1.53 bits per heavy atom. The smallest absolute Gasteiger partial charge is 0.226 e. The molecule has 3 N–H and O–H groups in total. The van der Waals surface area contributed by atoms with Gasteiger partial charge in [0, 0.05) is 30.7 Å². The number of nitrogen functional groups attached to an aromatic ring is 1. The van der Waals surface area contributed by atoms with E-state index in [1.807, 2.05) is 17.7 Å². The summed E-state index contributed by atoms with van der Waals surface area (Å²) < 4.78 is 1.92. The third-order valence-corrected chi connectivity index (χ3v) is 2.64. The van der Waals surface area contributed by atoms with E-state index < -0.39 is 0 Å². The molecule has 0 bridgehead atoms. The number of aromatic nitrogens is 3. The first-order valence-electron chi connectivity index (χ1n) is 6.09. The molecule has 0 aromatic carbocycles. The Morgan fingerprint density at radius 2 is 2.37 bits per heavy atom. The zero-order valence-corrected chi connectivity index (χ0v) is 10.8. The van der Waals surface area contributed by atoms with Crippen LogP contribution in [0.15, 0.2) is 37.1 Å². The molecular formula is C13H17N5O. The largest absolute Gasteiger partial charge is 0.397 e. The van der Waals surface area contributed by atoms with Gasteiger partial charge in [-0.25, -0.2) is 4.98 Å². The molecule has 2 rings (SSSR count). The van der Waals surface area contributed by atoms with E-state index in [4.69, 9.17) is 5.73 Å². The van der Waals surface area contributed by atoms with E-state index in [0.29, 0.717) is 17.9 Å². The average molecular weight is 259 g/mol. The van der Waals surface area contributed by atoms with Crippen LogP contribution in [0.1, 0.15) is 12.6 Å². The fraction of sp³-hybridized carbons (Fsp3) is 0.308. The van der Waals surface area contributed by atoms with E-state index in [0.717, 1.165) is 0 Å². The molecular weight excluding hydrogens is 242 g/mol. The highest BCUT2D eigenvalue weighted by atomic mass is 16.1. The summed E-state index contributed by atoms with van der Waals surface area (Å²) in [5.74, 6) is -0.0510. The van der Waals surface area contributed by atoms with Crippen molar-refractivity contribution in [2.75, 3.05) is 5.73 Å². The van der Waals surface area contributed by atoms with E-state index in [-0.39, 0.29) is 18.4 Å². The number of rotatable bonds is 5. The highest BCUT2D eigenvalue weighted by Crippen LogP contribution is 2.02. The summed E-state index contributed by atoms with van der Waals surface area (Å²) >= 11 is 0. The summed E-state index contributed by atoms with van der Waals surface area (Å²) in [4.78, 5) is 19.9. The van der Waals surface area contributed by atoms with E-state index in [1.165, 1.54) is 0 Å². The van der Waals surface area contributed by atoms with Gasteiger partial charge in [0.05, 0.1) is 24.6 Å². The third-order valence-electron chi connectivity index (χ3n) is 2.64. The first-order valence-corrected chi connectivity index (χ1v) is 6.09. The van der Waals surface area contributed by atoms with Crippen LogP contribution in [0, 0.1) is 0 Å². The van der Waals surface area contributed by atoms with Crippen molar-refractivity contribution >= 4 is 11.6 Å². The molecule has 0 fully saturated rings. The van der Waals surface area contributed by atoms with Gasteiger partial charge in [-0.3, -0.25) is 9.78 Å². The van der Waals surface area contributed by atoms with Gasteiger partial charge in [0.25, 0.3) is 0 Å². The van der Waals surface area contributed by atoms with Gasteiger partial charge in [-0.2, -0.15) is 0 Å². The molecule has 1 amide bonds. The van der Waals surface area contributed by atoms with Gasteiger partial charge in [0.1, 0.15) is 0 Å². The average Bonchev–Trinajstić information content (AvgIpc) is 2.84. The Balaban J connectivity index is 1.82. The molecule has 2 heterocycles. The van der Waals surface area contributed by atoms with Crippen LogP contribution in [-0.4, -0.2) is 26.5 Å². The van der Waals surface area contributed by atoms with Crippen LogP contribution in [-0.2, 0) is 17.8 Å². The minimum atomic E-state index is -0.0510. The number of nitrogens with zero attached hydrogens (tertiary/aromatic N) is 3. The molecule has 19 heavy (non-hydrogen) atoms. The monoisotopic (exact) mass is 259 g/mol. The van der Waals surface area contributed by atoms with Crippen LogP contribution >= 0.6 is 0 Å². The molecule has 6 heteroatoms. The van der Waals surface area contributed by atoms with Crippen molar-refractivity contribution in [1.82, 2.24) is 19.9 Å². The SMILES string of the molecule is CC(Cn1ccnc1)NC(=O)Cc1ccc(N)cn1. The lowest BCUT2D eigenvalue weighted by Gasteiger charge is -2.14. The van der Waals surface area contributed by atoms with E-state index in [9.17, 15) is 4.79 Å². The number of hydrogen-bond donors (Lipinski definition) is 2. The molecule has 0 aliphatic rings. The lowest BCUT2D eigenvalue weighted by molar-refractivity contribution is -0.121. The molecule has 0 spiro atoms. The molecule has 2 aromatic heterocycles. The molecule has 100 valence electrons. The second-order valence-electron chi connectivity index (χ2n) is 4.49. The van der Waals surface area contributed by atoms with Crippen molar-refractivity contribution < 1.29 is 4.79 Å². The van der Waals surface area contributed by atoms with Crippen molar-refractivity contribution in [1.29, 1.82) is 0 Å². The predicted octanol–water partition coefficient (Wildman–Crippen LogP) is 0.608. The fourth-order valence-electron chi connectivity index (χ4n) is 1.79. The molecule has 2 aromatic rings. The number of nitrogens with two attached hydrogens (primary N) is 1. The van der Waals surface area contributed by atoms with Crippen LogP contribution in [0.3, 0.4) is 0 Å². The third kappa shape index (κ3) is 4.09. The topological polar surface area (TPSA) is 85.8 Å².